The van der Waals surface area contributed by atoms with E-state index in [-0.39, 0.29) is 11.7 Å². The van der Waals surface area contributed by atoms with Crippen LogP contribution in [0.3, 0.4) is 0 Å². The third kappa shape index (κ3) is 1.75. The molecule has 1 aromatic carbocycles. The van der Waals surface area contributed by atoms with Crippen LogP contribution in [-0.4, -0.2) is 18.2 Å². The largest absolute Gasteiger partial charge is 0.304 e. The lowest BCUT2D eigenvalue weighted by atomic mass is 10.0. The van der Waals surface area contributed by atoms with E-state index in [0.29, 0.717) is 12.1 Å². The standard InChI is InChI=1S/C14H17NO2/c1-4-5-8-15-12-10(3)7-6-9(2)11(12)13(16)14(15)17/h6-7H,4-5,8H2,1-3H3. The Morgan fingerprint density at radius 2 is 1.76 bits per heavy atom. The van der Waals surface area contributed by atoms with Crippen molar-refractivity contribution in [1.82, 2.24) is 0 Å². The van der Waals surface area contributed by atoms with Crippen molar-refractivity contribution >= 4 is 17.4 Å². The number of fused-ring (bicyclic) bond motifs is 1. The molecule has 2 rings (SSSR count). The highest BCUT2D eigenvalue weighted by atomic mass is 16.2. The SMILES string of the molecule is CCCCN1C(=O)C(=O)c2c(C)ccc(C)c21. The fourth-order valence-corrected chi connectivity index (χ4v) is 2.29. The molecule has 0 aromatic heterocycles. The van der Waals surface area contributed by atoms with Crippen molar-refractivity contribution in [3.8, 4) is 0 Å². The van der Waals surface area contributed by atoms with Gasteiger partial charge in [-0.05, 0) is 31.4 Å². The fraction of sp³-hybridized carbons (Fsp3) is 0.429. The van der Waals surface area contributed by atoms with Crippen molar-refractivity contribution in [3.05, 3.63) is 28.8 Å². The van der Waals surface area contributed by atoms with E-state index >= 15 is 0 Å². The number of amides is 1. The van der Waals surface area contributed by atoms with Crippen molar-refractivity contribution in [1.29, 1.82) is 0 Å². The predicted octanol–water partition coefficient (Wildman–Crippen LogP) is 2.63. The van der Waals surface area contributed by atoms with E-state index < -0.39 is 0 Å². The zero-order chi connectivity index (χ0) is 12.6. The summed E-state index contributed by atoms with van der Waals surface area (Å²) in [6, 6.07) is 3.88. The van der Waals surface area contributed by atoms with Crippen LogP contribution in [0.2, 0.25) is 0 Å². The summed E-state index contributed by atoms with van der Waals surface area (Å²) in [4.78, 5) is 25.5. The van der Waals surface area contributed by atoms with E-state index in [4.69, 9.17) is 0 Å². The van der Waals surface area contributed by atoms with Crippen molar-refractivity contribution in [2.24, 2.45) is 0 Å². The lowest BCUT2D eigenvalue weighted by molar-refractivity contribution is -0.114. The van der Waals surface area contributed by atoms with Gasteiger partial charge in [0, 0.05) is 6.54 Å². The zero-order valence-electron chi connectivity index (χ0n) is 10.5. The van der Waals surface area contributed by atoms with Gasteiger partial charge in [0.1, 0.15) is 0 Å². The van der Waals surface area contributed by atoms with Gasteiger partial charge in [-0.25, -0.2) is 0 Å². The lowest BCUT2D eigenvalue weighted by Crippen LogP contribution is -2.30. The number of carbonyl (C=O) groups excluding carboxylic acids is 2. The van der Waals surface area contributed by atoms with Crippen LogP contribution >= 0.6 is 0 Å². The molecule has 0 saturated heterocycles. The number of anilines is 1. The molecule has 3 nitrogen and oxygen atoms in total. The molecule has 0 bridgehead atoms. The molecule has 0 saturated carbocycles. The molecule has 0 fully saturated rings. The minimum atomic E-state index is -0.370. The van der Waals surface area contributed by atoms with Crippen LogP contribution in [0.5, 0.6) is 0 Å². The number of rotatable bonds is 3. The third-order valence-electron chi connectivity index (χ3n) is 3.26. The van der Waals surface area contributed by atoms with Gasteiger partial charge in [-0.2, -0.15) is 0 Å². The molecule has 1 amide bonds. The molecule has 17 heavy (non-hydrogen) atoms. The molecule has 1 aliphatic rings. The molecular weight excluding hydrogens is 214 g/mol. The van der Waals surface area contributed by atoms with Gasteiger partial charge >= 0.3 is 0 Å². The normalized spacial score (nSPS) is 14.4. The van der Waals surface area contributed by atoms with Gasteiger partial charge in [0.05, 0.1) is 11.3 Å². The number of hydrogen-bond donors (Lipinski definition) is 0. The molecule has 0 unspecified atom stereocenters. The Labute approximate surface area is 101 Å². The quantitative estimate of drug-likeness (QED) is 0.750. The topological polar surface area (TPSA) is 37.4 Å². The summed E-state index contributed by atoms with van der Waals surface area (Å²) in [5, 5.41) is 0. The van der Waals surface area contributed by atoms with Crippen LogP contribution in [0.1, 0.15) is 41.3 Å². The summed E-state index contributed by atoms with van der Waals surface area (Å²) in [6.07, 6.45) is 1.93. The van der Waals surface area contributed by atoms with E-state index in [1.165, 1.54) is 0 Å². The van der Waals surface area contributed by atoms with Crippen LogP contribution in [0, 0.1) is 13.8 Å². The second kappa shape index (κ2) is 4.32. The summed E-state index contributed by atoms with van der Waals surface area (Å²) >= 11 is 0. The van der Waals surface area contributed by atoms with E-state index in [2.05, 4.69) is 6.92 Å². The molecule has 90 valence electrons. The molecule has 1 aromatic rings. The van der Waals surface area contributed by atoms with Crippen LogP contribution in [-0.2, 0) is 4.79 Å². The van der Waals surface area contributed by atoms with E-state index in [1.54, 1.807) is 4.90 Å². The molecule has 0 spiro atoms. The van der Waals surface area contributed by atoms with Gasteiger partial charge in [0.25, 0.3) is 11.7 Å². The van der Waals surface area contributed by atoms with Crippen molar-refractivity contribution in [2.75, 3.05) is 11.4 Å². The van der Waals surface area contributed by atoms with E-state index in [1.807, 2.05) is 26.0 Å². The number of benzene rings is 1. The average molecular weight is 231 g/mol. The average Bonchev–Trinajstić information content (AvgIpc) is 2.56. The Bertz CT molecular complexity index is 491. The highest BCUT2D eigenvalue weighted by molar-refractivity contribution is 6.52. The lowest BCUT2D eigenvalue weighted by Gasteiger charge is -2.18. The number of unbranched alkanes of at least 4 members (excludes halogenated alkanes) is 1. The van der Waals surface area contributed by atoms with Gasteiger partial charge in [0.2, 0.25) is 0 Å². The van der Waals surface area contributed by atoms with E-state index in [9.17, 15) is 9.59 Å². The highest BCUT2D eigenvalue weighted by Crippen LogP contribution is 2.34. The monoisotopic (exact) mass is 231 g/mol. The number of Topliss-reactive ketones (excluding diaryl/α,β-unsaturated/α-hetero) is 1. The first-order valence-electron chi connectivity index (χ1n) is 6.04. The molecule has 0 aliphatic carbocycles. The summed E-state index contributed by atoms with van der Waals surface area (Å²) in [6.45, 7) is 6.54. The first-order valence-corrected chi connectivity index (χ1v) is 6.04. The summed E-state index contributed by atoms with van der Waals surface area (Å²) in [7, 11) is 0. The van der Waals surface area contributed by atoms with Crippen LogP contribution in [0.15, 0.2) is 12.1 Å². The second-order valence-electron chi connectivity index (χ2n) is 4.56. The van der Waals surface area contributed by atoms with Gasteiger partial charge in [0.15, 0.2) is 0 Å². The molecule has 0 atom stereocenters. The maximum atomic E-state index is 12.0. The van der Waals surface area contributed by atoms with Crippen molar-refractivity contribution in [3.63, 3.8) is 0 Å². The third-order valence-corrected chi connectivity index (χ3v) is 3.26. The molecular formula is C14H17NO2. The molecule has 0 radical (unpaired) electrons. The van der Waals surface area contributed by atoms with Gasteiger partial charge in [-0.1, -0.05) is 25.5 Å². The zero-order valence-corrected chi connectivity index (χ0v) is 10.5. The molecule has 1 heterocycles. The maximum absolute atomic E-state index is 12.0. The Morgan fingerprint density at radius 1 is 1.12 bits per heavy atom. The van der Waals surface area contributed by atoms with Crippen molar-refractivity contribution in [2.45, 2.75) is 33.6 Å². The Balaban J connectivity index is 2.52. The highest BCUT2D eigenvalue weighted by Gasteiger charge is 2.37. The maximum Gasteiger partial charge on any atom is 0.299 e. The second-order valence-corrected chi connectivity index (χ2v) is 4.56. The van der Waals surface area contributed by atoms with E-state index in [0.717, 1.165) is 29.7 Å². The molecule has 1 aliphatic heterocycles. The summed E-state index contributed by atoms with van der Waals surface area (Å²) in [5.74, 6) is -0.719. The molecule has 3 heteroatoms. The Morgan fingerprint density at radius 3 is 2.41 bits per heavy atom. The summed E-state index contributed by atoms with van der Waals surface area (Å²) < 4.78 is 0. The minimum absolute atomic E-state index is 0.350. The van der Waals surface area contributed by atoms with Crippen molar-refractivity contribution < 1.29 is 9.59 Å². The Kier molecular flexibility index (Phi) is 3.01. The molecule has 0 N–H and O–H groups in total. The fourth-order valence-electron chi connectivity index (χ4n) is 2.29. The van der Waals surface area contributed by atoms with Gasteiger partial charge in [-0.3, -0.25) is 9.59 Å². The van der Waals surface area contributed by atoms with Gasteiger partial charge in [-0.15, -0.1) is 0 Å². The smallest absolute Gasteiger partial charge is 0.299 e. The Hall–Kier alpha value is -1.64. The van der Waals surface area contributed by atoms with Crippen LogP contribution < -0.4 is 4.90 Å². The number of aryl methyl sites for hydroxylation is 2. The van der Waals surface area contributed by atoms with Gasteiger partial charge < -0.3 is 4.90 Å². The number of nitrogens with zero attached hydrogens (tertiary/aromatic N) is 1. The first kappa shape index (κ1) is 11.8. The van der Waals surface area contributed by atoms with Crippen LogP contribution in [0.4, 0.5) is 5.69 Å². The number of hydrogen-bond acceptors (Lipinski definition) is 2. The number of ketones is 1. The first-order chi connectivity index (χ1) is 8.07. The number of carbonyl (C=O) groups is 2. The predicted molar refractivity (Wildman–Crippen MR) is 67.5 cm³/mol. The minimum Gasteiger partial charge on any atom is -0.304 e. The van der Waals surface area contributed by atoms with Crippen LogP contribution in [0.25, 0.3) is 0 Å². The summed E-state index contributed by atoms with van der Waals surface area (Å²) in [5.41, 5.74) is 3.32.